The number of carbonyl (C=O) groups excluding carboxylic acids is 1. The number of aliphatic carboxylic acids is 1. The second-order valence-electron chi connectivity index (χ2n) is 7.54. The Kier molecular flexibility index (Phi) is 6.57. The molecule has 0 aliphatic heterocycles. The smallest absolute Gasteiger partial charge is 0.305 e. The molecule has 32 heavy (non-hydrogen) atoms. The maximum atomic E-state index is 12.7. The van der Waals surface area contributed by atoms with Gasteiger partial charge in [0.1, 0.15) is 5.82 Å². The van der Waals surface area contributed by atoms with Crippen LogP contribution in [0.15, 0.2) is 78.9 Å². The highest BCUT2D eigenvalue weighted by molar-refractivity contribution is 5.94. The van der Waals surface area contributed by atoms with Crippen LogP contribution >= 0.6 is 0 Å². The molecular weight excluding hydrogens is 404 g/mol. The van der Waals surface area contributed by atoms with E-state index in [0.717, 1.165) is 28.0 Å². The Bertz CT molecular complexity index is 1170. The van der Waals surface area contributed by atoms with Gasteiger partial charge in [-0.2, -0.15) is 0 Å². The van der Waals surface area contributed by atoms with E-state index in [4.69, 9.17) is 0 Å². The molecule has 0 aliphatic carbocycles. The molecule has 0 saturated carbocycles. The third kappa shape index (κ3) is 5.39. The van der Waals surface area contributed by atoms with Gasteiger partial charge in [0.2, 0.25) is 0 Å². The van der Waals surface area contributed by atoms with E-state index in [2.05, 4.69) is 20.6 Å². The summed E-state index contributed by atoms with van der Waals surface area (Å²) in [4.78, 5) is 31.7. The summed E-state index contributed by atoms with van der Waals surface area (Å²) in [6.07, 6.45) is -0.181. The van der Waals surface area contributed by atoms with Gasteiger partial charge in [-0.1, -0.05) is 54.6 Å². The molecule has 1 atom stereocenters. The van der Waals surface area contributed by atoms with Gasteiger partial charge in [-0.05, 0) is 35.4 Å². The van der Waals surface area contributed by atoms with Crippen LogP contribution in [0.25, 0.3) is 11.0 Å². The van der Waals surface area contributed by atoms with Crippen molar-refractivity contribution in [2.75, 3.05) is 0 Å². The molecule has 1 amide bonds. The van der Waals surface area contributed by atoms with E-state index in [-0.39, 0.29) is 12.3 Å². The third-order valence-electron chi connectivity index (χ3n) is 5.16. The maximum absolute atomic E-state index is 12.7. The van der Waals surface area contributed by atoms with Crippen molar-refractivity contribution in [1.82, 2.24) is 20.6 Å². The summed E-state index contributed by atoms with van der Waals surface area (Å²) in [5, 5.41) is 15.4. The predicted octanol–water partition coefficient (Wildman–Crippen LogP) is 3.80. The number of hydrogen-bond donors (Lipinski definition) is 4. The molecule has 7 nitrogen and oxygen atoms in total. The number of carboxylic acid groups (broad SMARTS) is 1. The SMILES string of the molecule is O=C(O)CC(NC(=O)c1ccc(CNCc2nc3ccccc3[nH]2)cc1)c1ccccc1. The fraction of sp³-hybridized carbons (Fsp3) is 0.160. The van der Waals surface area contributed by atoms with Crippen molar-refractivity contribution in [1.29, 1.82) is 0 Å². The predicted molar refractivity (Wildman–Crippen MR) is 122 cm³/mol. The van der Waals surface area contributed by atoms with E-state index < -0.39 is 12.0 Å². The molecule has 3 aromatic carbocycles. The summed E-state index contributed by atoms with van der Waals surface area (Å²) in [6, 6.07) is 23.7. The fourth-order valence-corrected chi connectivity index (χ4v) is 3.54. The number of carbonyl (C=O) groups is 2. The van der Waals surface area contributed by atoms with Gasteiger partial charge in [-0.3, -0.25) is 9.59 Å². The number of nitrogens with one attached hydrogen (secondary N) is 3. The molecule has 0 radical (unpaired) electrons. The van der Waals surface area contributed by atoms with Crippen molar-refractivity contribution >= 4 is 22.9 Å². The number of hydrogen-bond acceptors (Lipinski definition) is 4. The summed E-state index contributed by atoms with van der Waals surface area (Å²) >= 11 is 0. The largest absolute Gasteiger partial charge is 0.481 e. The second kappa shape index (κ2) is 9.89. The fourth-order valence-electron chi connectivity index (χ4n) is 3.54. The minimum Gasteiger partial charge on any atom is -0.481 e. The Morgan fingerprint density at radius 2 is 1.62 bits per heavy atom. The number of amides is 1. The second-order valence-corrected chi connectivity index (χ2v) is 7.54. The van der Waals surface area contributed by atoms with E-state index >= 15 is 0 Å². The molecule has 1 unspecified atom stereocenters. The number of aromatic nitrogens is 2. The van der Waals surface area contributed by atoms with Crippen molar-refractivity contribution in [3.63, 3.8) is 0 Å². The number of benzene rings is 3. The van der Waals surface area contributed by atoms with Crippen LogP contribution < -0.4 is 10.6 Å². The molecule has 0 spiro atoms. The average molecular weight is 428 g/mol. The number of fused-ring (bicyclic) bond motifs is 1. The Hall–Kier alpha value is -3.97. The van der Waals surface area contributed by atoms with Crippen LogP contribution in [0.4, 0.5) is 0 Å². The highest BCUT2D eigenvalue weighted by atomic mass is 16.4. The van der Waals surface area contributed by atoms with Crippen LogP contribution in [0, 0.1) is 0 Å². The van der Waals surface area contributed by atoms with Crippen LogP contribution in [0.2, 0.25) is 0 Å². The lowest BCUT2D eigenvalue weighted by Crippen LogP contribution is -2.30. The molecule has 0 bridgehead atoms. The molecule has 0 aliphatic rings. The summed E-state index contributed by atoms with van der Waals surface area (Å²) in [6.45, 7) is 1.23. The van der Waals surface area contributed by atoms with Crippen LogP contribution in [-0.4, -0.2) is 27.0 Å². The molecular formula is C25H24N4O3. The quantitative estimate of drug-likeness (QED) is 0.324. The first-order chi connectivity index (χ1) is 15.6. The number of aromatic amines is 1. The van der Waals surface area contributed by atoms with Gasteiger partial charge >= 0.3 is 5.97 Å². The zero-order valence-electron chi connectivity index (χ0n) is 17.4. The first kappa shape index (κ1) is 21.3. The number of rotatable bonds is 9. The molecule has 4 aromatic rings. The number of para-hydroxylation sites is 2. The highest BCUT2D eigenvalue weighted by Gasteiger charge is 2.18. The summed E-state index contributed by atoms with van der Waals surface area (Å²) in [5.74, 6) is -0.403. The molecule has 1 heterocycles. The van der Waals surface area contributed by atoms with Crippen LogP contribution in [0.1, 0.15) is 39.8 Å². The Morgan fingerprint density at radius 3 is 2.34 bits per heavy atom. The van der Waals surface area contributed by atoms with E-state index in [1.54, 1.807) is 12.1 Å². The van der Waals surface area contributed by atoms with Crippen LogP contribution in [0.3, 0.4) is 0 Å². The Morgan fingerprint density at radius 1 is 0.906 bits per heavy atom. The summed E-state index contributed by atoms with van der Waals surface area (Å²) < 4.78 is 0. The van der Waals surface area contributed by atoms with Gasteiger partial charge in [-0.15, -0.1) is 0 Å². The van der Waals surface area contributed by atoms with Crippen LogP contribution in [0.5, 0.6) is 0 Å². The number of carboxylic acids is 1. The lowest BCUT2D eigenvalue weighted by molar-refractivity contribution is -0.137. The molecule has 162 valence electrons. The standard InChI is InChI=1S/C25H24N4O3/c30-24(31)14-22(18-6-2-1-3-7-18)29-25(32)19-12-10-17(11-13-19)15-26-16-23-27-20-8-4-5-9-21(20)28-23/h1-13,22,26H,14-16H2,(H,27,28)(H,29,32)(H,30,31). The lowest BCUT2D eigenvalue weighted by atomic mass is 10.0. The van der Waals surface area contributed by atoms with Gasteiger partial charge in [0, 0.05) is 12.1 Å². The first-order valence-corrected chi connectivity index (χ1v) is 10.4. The number of nitrogens with zero attached hydrogens (tertiary/aromatic N) is 1. The normalized spacial score (nSPS) is 11.9. The van der Waals surface area contributed by atoms with E-state index in [1.165, 1.54) is 0 Å². The Balaban J connectivity index is 1.33. The van der Waals surface area contributed by atoms with E-state index in [1.807, 2.05) is 66.7 Å². The van der Waals surface area contributed by atoms with Crippen molar-refractivity contribution in [3.8, 4) is 0 Å². The van der Waals surface area contributed by atoms with Crippen molar-refractivity contribution in [3.05, 3.63) is 101 Å². The third-order valence-corrected chi connectivity index (χ3v) is 5.16. The van der Waals surface area contributed by atoms with Gasteiger partial charge in [0.15, 0.2) is 0 Å². The minimum absolute atomic E-state index is 0.181. The monoisotopic (exact) mass is 428 g/mol. The molecule has 0 fully saturated rings. The van der Waals surface area contributed by atoms with Crippen LogP contribution in [-0.2, 0) is 17.9 Å². The van der Waals surface area contributed by atoms with E-state index in [0.29, 0.717) is 18.7 Å². The highest BCUT2D eigenvalue weighted by Crippen LogP contribution is 2.18. The molecule has 1 aromatic heterocycles. The van der Waals surface area contributed by atoms with Crippen molar-refractivity contribution in [2.24, 2.45) is 0 Å². The van der Waals surface area contributed by atoms with Crippen molar-refractivity contribution in [2.45, 2.75) is 25.6 Å². The van der Waals surface area contributed by atoms with Gasteiger partial charge in [0.05, 0.1) is 30.0 Å². The topological polar surface area (TPSA) is 107 Å². The summed E-state index contributed by atoms with van der Waals surface area (Å²) in [7, 11) is 0. The van der Waals surface area contributed by atoms with Gasteiger partial charge < -0.3 is 20.7 Å². The Labute approximate surface area is 185 Å². The molecule has 4 rings (SSSR count). The zero-order chi connectivity index (χ0) is 22.3. The lowest BCUT2D eigenvalue weighted by Gasteiger charge is -2.17. The molecule has 4 N–H and O–H groups in total. The summed E-state index contributed by atoms with van der Waals surface area (Å²) in [5.41, 5.74) is 4.22. The molecule has 0 saturated heterocycles. The van der Waals surface area contributed by atoms with E-state index in [9.17, 15) is 14.7 Å². The zero-order valence-corrected chi connectivity index (χ0v) is 17.4. The van der Waals surface area contributed by atoms with Crippen molar-refractivity contribution < 1.29 is 14.7 Å². The minimum atomic E-state index is -0.968. The number of imidazole rings is 1. The van der Waals surface area contributed by atoms with Gasteiger partial charge in [0.25, 0.3) is 5.91 Å². The average Bonchev–Trinajstić information content (AvgIpc) is 3.22. The molecule has 7 heteroatoms. The van der Waals surface area contributed by atoms with Gasteiger partial charge in [-0.25, -0.2) is 4.98 Å². The maximum Gasteiger partial charge on any atom is 0.305 e. The first-order valence-electron chi connectivity index (χ1n) is 10.4. The number of H-pyrrole nitrogens is 1.